The van der Waals surface area contributed by atoms with Crippen molar-refractivity contribution in [2.45, 2.75) is 37.9 Å². The van der Waals surface area contributed by atoms with Gasteiger partial charge in [-0.25, -0.2) is 4.39 Å². The Hall–Kier alpha value is -2.45. The molecule has 1 aromatic carbocycles. The molecule has 30 heavy (non-hydrogen) atoms. The number of fused-ring (bicyclic) bond motifs is 1. The topological polar surface area (TPSA) is 59.8 Å². The Balaban J connectivity index is 1.50. The van der Waals surface area contributed by atoms with Gasteiger partial charge in [0.15, 0.2) is 11.0 Å². The number of halogens is 1. The van der Waals surface area contributed by atoms with Crippen molar-refractivity contribution in [1.29, 1.82) is 0 Å². The van der Waals surface area contributed by atoms with E-state index < -0.39 is 0 Å². The highest BCUT2D eigenvalue weighted by atomic mass is 32.2. The lowest BCUT2D eigenvalue weighted by atomic mass is 9.88. The molecule has 2 heterocycles. The Morgan fingerprint density at radius 1 is 1.40 bits per heavy atom. The van der Waals surface area contributed by atoms with Crippen LogP contribution in [0, 0.1) is 11.7 Å². The van der Waals surface area contributed by atoms with E-state index in [4.69, 9.17) is 0 Å². The van der Waals surface area contributed by atoms with E-state index in [1.54, 1.807) is 11.3 Å². The average Bonchev–Trinajstić information content (AvgIpc) is 3.32. The van der Waals surface area contributed by atoms with Crippen LogP contribution < -0.4 is 5.32 Å². The van der Waals surface area contributed by atoms with Gasteiger partial charge < -0.3 is 5.32 Å². The molecule has 5 nitrogen and oxygen atoms in total. The zero-order valence-corrected chi connectivity index (χ0v) is 18.4. The number of amides is 1. The summed E-state index contributed by atoms with van der Waals surface area (Å²) in [4.78, 5) is 13.7. The Bertz CT molecular complexity index is 1060. The van der Waals surface area contributed by atoms with E-state index in [0.29, 0.717) is 17.4 Å². The van der Waals surface area contributed by atoms with Crippen LogP contribution in [0.4, 0.5) is 10.1 Å². The molecule has 0 radical (unpaired) electrons. The van der Waals surface area contributed by atoms with Crippen molar-refractivity contribution >= 4 is 34.7 Å². The smallest absolute Gasteiger partial charge is 0.234 e. The van der Waals surface area contributed by atoms with Gasteiger partial charge in [-0.05, 0) is 55.0 Å². The number of hydrogen-bond donors (Lipinski definition) is 1. The number of thiophene rings is 1. The van der Waals surface area contributed by atoms with Gasteiger partial charge in [-0.3, -0.25) is 9.36 Å². The minimum atomic E-state index is -0.336. The lowest BCUT2D eigenvalue weighted by Gasteiger charge is -2.19. The van der Waals surface area contributed by atoms with E-state index in [-0.39, 0.29) is 17.5 Å². The third kappa shape index (κ3) is 4.49. The molecular formula is C22H23FN4OS2. The molecule has 0 bridgehead atoms. The number of benzene rings is 1. The number of allylic oxidation sites excluding steroid dienone is 1. The fourth-order valence-corrected chi connectivity index (χ4v) is 5.60. The van der Waals surface area contributed by atoms with E-state index in [1.165, 1.54) is 52.9 Å². The molecule has 1 aliphatic rings. The van der Waals surface area contributed by atoms with Crippen LogP contribution in [0.25, 0.3) is 11.4 Å². The number of anilines is 1. The quantitative estimate of drug-likeness (QED) is 0.404. The van der Waals surface area contributed by atoms with E-state index in [1.807, 2.05) is 10.6 Å². The van der Waals surface area contributed by atoms with Gasteiger partial charge in [0.25, 0.3) is 0 Å². The molecule has 1 amide bonds. The summed E-state index contributed by atoms with van der Waals surface area (Å²) in [6.07, 6.45) is 5.20. The first-order chi connectivity index (χ1) is 14.5. The molecule has 0 saturated carbocycles. The summed E-state index contributed by atoms with van der Waals surface area (Å²) in [5.74, 6) is 1.23. The fraction of sp³-hybridized carbons (Fsp3) is 0.318. The average molecular weight is 443 g/mol. The number of nitrogens with one attached hydrogen (secondary N) is 1. The van der Waals surface area contributed by atoms with E-state index in [2.05, 4.69) is 34.4 Å². The molecule has 1 aliphatic carbocycles. The summed E-state index contributed by atoms with van der Waals surface area (Å²) in [5.41, 5.74) is 3.11. The lowest BCUT2D eigenvalue weighted by molar-refractivity contribution is -0.113. The number of hydrogen-bond acceptors (Lipinski definition) is 5. The second-order valence-corrected chi connectivity index (χ2v) is 9.35. The van der Waals surface area contributed by atoms with E-state index in [0.717, 1.165) is 30.1 Å². The molecule has 0 fully saturated rings. The van der Waals surface area contributed by atoms with Gasteiger partial charge in [-0.2, -0.15) is 0 Å². The molecule has 3 aromatic rings. The molecule has 1 unspecified atom stereocenters. The van der Waals surface area contributed by atoms with Gasteiger partial charge in [0.1, 0.15) is 5.82 Å². The Morgan fingerprint density at radius 3 is 2.97 bits per heavy atom. The molecule has 4 rings (SSSR count). The Morgan fingerprint density at radius 2 is 2.20 bits per heavy atom. The second kappa shape index (κ2) is 9.14. The van der Waals surface area contributed by atoms with Crippen LogP contribution in [0.5, 0.6) is 0 Å². The highest BCUT2D eigenvalue weighted by Crippen LogP contribution is 2.38. The van der Waals surface area contributed by atoms with Crippen molar-refractivity contribution in [3.05, 3.63) is 58.6 Å². The maximum atomic E-state index is 13.0. The first-order valence-electron chi connectivity index (χ1n) is 9.87. The van der Waals surface area contributed by atoms with Crippen molar-refractivity contribution in [3.8, 4) is 11.4 Å². The van der Waals surface area contributed by atoms with Crippen LogP contribution in [0.3, 0.4) is 0 Å². The molecule has 8 heteroatoms. The predicted octanol–water partition coefficient (Wildman–Crippen LogP) is 5.19. The Kier molecular flexibility index (Phi) is 6.34. The predicted molar refractivity (Wildman–Crippen MR) is 120 cm³/mol. The van der Waals surface area contributed by atoms with E-state index >= 15 is 0 Å². The molecule has 1 atom stereocenters. The first-order valence-corrected chi connectivity index (χ1v) is 11.7. The summed E-state index contributed by atoms with van der Waals surface area (Å²) in [7, 11) is 0. The van der Waals surface area contributed by atoms with Crippen LogP contribution in [0.2, 0.25) is 0 Å². The number of carbonyl (C=O) groups excluding carboxylic acids is 1. The van der Waals surface area contributed by atoms with Crippen molar-refractivity contribution in [2.75, 3.05) is 11.1 Å². The van der Waals surface area contributed by atoms with Crippen molar-refractivity contribution in [1.82, 2.24) is 14.8 Å². The number of aromatic nitrogens is 3. The standard InChI is InChI=1S/C22H23FN4OS2/c1-3-10-27-21(18-12-29-19-11-14(2)4-9-17(18)19)25-26-22(27)30-13-20(28)24-16-7-5-15(23)6-8-16/h3,5-8,12,14H,1,4,9-11,13H2,2H3,(H,24,28). The molecule has 0 saturated heterocycles. The summed E-state index contributed by atoms with van der Waals surface area (Å²) in [6.45, 7) is 6.74. The number of nitrogens with zero attached hydrogens (tertiary/aromatic N) is 3. The van der Waals surface area contributed by atoms with Gasteiger partial charge in [-0.1, -0.05) is 24.8 Å². The summed E-state index contributed by atoms with van der Waals surface area (Å²) >= 11 is 3.13. The monoisotopic (exact) mass is 442 g/mol. The zero-order valence-electron chi connectivity index (χ0n) is 16.7. The van der Waals surface area contributed by atoms with Crippen molar-refractivity contribution in [2.24, 2.45) is 5.92 Å². The molecule has 2 aromatic heterocycles. The molecule has 1 N–H and O–H groups in total. The number of carbonyl (C=O) groups is 1. The van der Waals surface area contributed by atoms with E-state index in [9.17, 15) is 9.18 Å². The Labute approximate surface area is 183 Å². The summed E-state index contributed by atoms with van der Waals surface area (Å²) < 4.78 is 15.0. The third-order valence-corrected chi connectivity index (χ3v) is 7.15. The van der Waals surface area contributed by atoms with Crippen molar-refractivity contribution < 1.29 is 9.18 Å². The highest BCUT2D eigenvalue weighted by Gasteiger charge is 2.24. The normalized spacial score (nSPS) is 15.6. The zero-order chi connectivity index (χ0) is 21.1. The fourth-order valence-electron chi connectivity index (χ4n) is 3.61. The van der Waals surface area contributed by atoms with Crippen molar-refractivity contribution in [3.63, 3.8) is 0 Å². The maximum Gasteiger partial charge on any atom is 0.234 e. The van der Waals surface area contributed by atoms with Gasteiger partial charge in [0, 0.05) is 28.1 Å². The molecular weight excluding hydrogens is 419 g/mol. The van der Waals surface area contributed by atoms with Crippen LogP contribution in [0.1, 0.15) is 23.8 Å². The van der Waals surface area contributed by atoms with Gasteiger partial charge in [0.05, 0.1) is 5.75 Å². The largest absolute Gasteiger partial charge is 0.325 e. The molecule has 0 aliphatic heterocycles. The van der Waals surface area contributed by atoms with Gasteiger partial charge in [-0.15, -0.1) is 28.1 Å². The second-order valence-electron chi connectivity index (χ2n) is 7.45. The van der Waals surface area contributed by atoms with Crippen LogP contribution in [-0.2, 0) is 24.2 Å². The third-order valence-electron chi connectivity index (χ3n) is 5.13. The highest BCUT2D eigenvalue weighted by molar-refractivity contribution is 7.99. The minimum absolute atomic E-state index is 0.178. The minimum Gasteiger partial charge on any atom is -0.325 e. The van der Waals surface area contributed by atoms with Gasteiger partial charge >= 0.3 is 0 Å². The first kappa shape index (κ1) is 20.8. The van der Waals surface area contributed by atoms with Crippen LogP contribution >= 0.6 is 23.1 Å². The lowest BCUT2D eigenvalue weighted by Crippen LogP contribution is -2.14. The van der Waals surface area contributed by atoms with Crippen LogP contribution in [-0.4, -0.2) is 26.4 Å². The number of thioether (sulfide) groups is 1. The van der Waals surface area contributed by atoms with Gasteiger partial charge in [0.2, 0.25) is 5.91 Å². The van der Waals surface area contributed by atoms with Crippen LogP contribution in [0.15, 0.2) is 47.5 Å². The maximum absolute atomic E-state index is 13.0. The summed E-state index contributed by atoms with van der Waals surface area (Å²) in [6, 6.07) is 5.71. The SMILES string of the molecule is C=CCn1c(SCC(=O)Nc2ccc(F)cc2)nnc1-c1csc2c1CCC(C)C2. The molecule has 156 valence electrons. The number of rotatable bonds is 7. The summed E-state index contributed by atoms with van der Waals surface area (Å²) in [5, 5.41) is 14.4. The molecule has 0 spiro atoms.